The Kier molecular flexibility index (Phi) is 6.20. The highest BCUT2D eigenvalue weighted by atomic mass is 32.2. The van der Waals surface area contributed by atoms with Gasteiger partial charge in [-0.2, -0.15) is 4.31 Å². The first-order chi connectivity index (χ1) is 14.1. The van der Waals surface area contributed by atoms with Gasteiger partial charge in [0.1, 0.15) is 5.76 Å². The van der Waals surface area contributed by atoms with E-state index in [-0.39, 0.29) is 22.7 Å². The molecule has 1 heterocycles. The molecule has 156 valence electrons. The number of carbonyl (C=O) groups is 1. The Bertz CT molecular complexity index is 919. The minimum absolute atomic E-state index is 0.0760. The summed E-state index contributed by atoms with van der Waals surface area (Å²) in [6.07, 6.45) is 11.1. The molecule has 5 nitrogen and oxygen atoms in total. The summed E-state index contributed by atoms with van der Waals surface area (Å²) in [4.78, 5) is 11.3. The van der Waals surface area contributed by atoms with E-state index in [1.165, 1.54) is 12.8 Å². The van der Waals surface area contributed by atoms with Crippen molar-refractivity contribution in [3.05, 3.63) is 42.2 Å². The van der Waals surface area contributed by atoms with Crippen LogP contribution in [0.3, 0.4) is 0 Å². The monoisotopic (exact) mass is 415 g/mol. The van der Waals surface area contributed by atoms with E-state index in [0.717, 1.165) is 51.4 Å². The van der Waals surface area contributed by atoms with E-state index in [2.05, 4.69) is 0 Å². The van der Waals surface area contributed by atoms with Gasteiger partial charge >= 0.3 is 0 Å². The number of benzene rings is 1. The first-order valence-electron chi connectivity index (χ1n) is 10.8. The molecular formula is C23H29NO4S. The number of carbonyl (C=O) groups excluding carboxylic acids is 1. The molecule has 0 N–H and O–H groups in total. The van der Waals surface area contributed by atoms with Crippen LogP contribution in [-0.4, -0.2) is 31.1 Å². The van der Waals surface area contributed by atoms with Gasteiger partial charge in [-0.05, 0) is 49.9 Å². The normalized spacial score (nSPS) is 19.5. The van der Waals surface area contributed by atoms with Gasteiger partial charge in [0.15, 0.2) is 12.0 Å². The number of furan rings is 1. The van der Waals surface area contributed by atoms with Crippen LogP contribution in [0.1, 0.15) is 74.8 Å². The number of aldehydes is 1. The second-order valence-electron chi connectivity index (χ2n) is 8.23. The fourth-order valence-corrected chi connectivity index (χ4v) is 7.06. The quantitative estimate of drug-likeness (QED) is 0.591. The van der Waals surface area contributed by atoms with E-state index in [1.54, 1.807) is 30.3 Å². The van der Waals surface area contributed by atoms with Gasteiger partial charge in [0.25, 0.3) is 0 Å². The number of hydrogen-bond acceptors (Lipinski definition) is 4. The summed E-state index contributed by atoms with van der Waals surface area (Å²) >= 11 is 0. The molecule has 0 amide bonds. The van der Waals surface area contributed by atoms with Crippen molar-refractivity contribution >= 4 is 16.3 Å². The van der Waals surface area contributed by atoms with Crippen LogP contribution in [0.2, 0.25) is 0 Å². The molecule has 0 spiro atoms. The fraction of sp³-hybridized carbons (Fsp3) is 0.522. The highest BCUT2D eigenvalue weighted by Gasteiger charge is 2.39. The third kappa shape index (κ3) is 4.19. The van der Waals surface area contributed by atoms with Crippen molar-refractivity contribution < 1.29 is 17.6 Å². The summed E-state index contributed by atoms with van der Waals surface area (Å²) in [7, 11) is -3.69. The Morgan fingerprint density at radius 3 is 1.97 bits per heavy atom. The third-order valence-corrected chi connectivity index (χ3v) is 8.38. The number of nitrogens with zero attached hydrogens (tertiary/aromatic N) is 1. The zero-order valence-electron chi connectivity index (χ0n) is 16.8. The summed E-state index contributed by atoms with van der Waals surface area (Å²) in [5, 5.41) is 0. The summed E-state index contributed by atoms with van der Waals surface area (Å²) in [6.45, 7) is 0. The molecule has 29 heavy (non-hydrogen) atoms. The topological polar surface area (TPSA) is 67.6 Å². The molecule has 0 aliphatic heterocycles. The van der Waals surface area contributed by atoms with Crippen LogP contribution in [0, 0.1) is 0 Å². The van der Waals surface area contributed by atoms with Gasteiger partial charge in [-0.15, -0.1) is 0 Å². The molecule has 1 aromatic carbocycles. The minimum Gasteiger partial charge on any atom is -0.453 e. The van der Waals surface area contributed by atoms with Gasteiger partial charge in [0, 0.05) is 17.6 Å². The first kappa shape index (κ1) is 20.4. The Labute approximate surface area is 173 Å². The van der Waals surface area contributed by atoms with E-state index in [4.69, 9.17) is 4.42 Å². The van der Waals surface area contributed by atoms with Crippen LogP contribution in [-0.2, 0) is 10.0 Å². The lowest BCUT2D eigenvalue weighted by Gasteiger charge is -2.40. The van der Waals surface area contributed by atoms with Gasteiger partial charge in [0.05, 0.1) is 4.90 Å². The van der Waals surface area contributed by atoms with E-state index < -0.39 is 10.0 Å². The second kappa shape index (κ2) is 8.84. The van der Waals surface area contributed by atoms with Crippen molar-refractivity contribution in [2.75, 3.05) is 0 Å². The highest BCUT2D eigenvalue weighted by molar-refractivity contribution is 7.89. The zero-order valence-corrected chi connectivity index (χ0v) is 17.6. The number of sulfonamides is 1. The average Bonchev–Trinajstić information content (AvgIpc) is 3.24. The maximum atomic E-state index is 14.0. The predicted octanol–water partition coefficient (Wildman–Crippen LogP) is 5.42. The standard InChI is InChI=1S/C23H29NO4S/c25-17-20-15-16-22(28-20)21-13-7-8-14-23(21)29(26,27)24(18-9-3-1-4-10-18)19-11-5-2-6-12-19/h7-8,13-19H,1-6,9-12H2. The fourth-order valence-electron chi connectivity index (χ4n) is 4.93. The molecule has 6 heteroatoms. The van der Waals surface area contributed by atoms with Gasteiger partial charge in [-0.3, -0.25) is 4.79 Å². The van der Waals surface area contributed by atoms with Gasteiger partial charge in [0.2, 0.25) is 10.0 Å². The lowest BCUT2D eigenvalue weighted by molar-refractivity contribution is 0.110. The molecule has 4 rings (SSSR count). The molecule has 2 saturated carbocycles. The molecule has 0 unspecified atom stereocenters. The van der Waals surface area contributed by atoms with E-state index >= 15 is 0 Å². The van der Waals surface area contributed by atoms with E-state index in [0.29, 0.717) is 17.6 Å². The number of hydrogen-bond donors (Lipinski definition) is 0. The third-order valence-electron chi connectivity index (χ3n) is 6.32. The van der Waals surface area contributed by atoms with Crippen molar-refractivity contribution in [2.24, 2.45) is 0 Å². The van der Waals surface area contributed by atoms with Crippen molar-refractivity contribution in [2.45, 2.75) is 81.2 Å². The molecule has 2 aliphatic rings. The first-order valence-corrected chi connectivity index (χ1v) is 12.2. The molecule has 0 bridgehead atoms. The maximum absolute atomic E-state index is 14.0. The zero-order chi connectivity index (χ0) is 20.3. The van der Waals surface area contributed by atoms with Crippen LogP contribution in [0.15, 0.2) is 45.7 Å². The molecule has 2 aliphatic carbocycles. The van der Waals surface area contributed by atoms with Crippen LogP contribution >= 0.6 is 0 Å². The molecule has 2 aromatic rings. The molecule has 2 fully saturated rings. The Morgan fingerprint density at radius 1 is 0.828 bits per heavy atom. The Balaban J connectivity index is 1.77. The molecule has 0 atom stereocenters. The van der Waals surface area contributed by atoms with E-state index in [1.807, 2.05) is 10.4 Å². The van der Waals surface area contributed by atoms with Crippen LogP contribution < -0.4 is 0 Å². The van der Waals surface area contributed by atoms with Crippen molar-refractivity contribution in [1.29, 1.82) is 0 Å². The van der Waals surface area contributed by atoms with Crippen LogP contribution in [0.4, 0.5) is 0 Å². The second-order valence-corrected chi connectivity index (χ2v) is 10.0. The molecule has 0 saturated heterocycles. The van der Waals surface area contributed by atoms with Crippen LogP contribution in [0.25, 0.3) is 11.3 Å². The largest absolute Gasteiger partial charge is 0.453 e. The van der Waals surface area contributed by atoms with Crippen LogP contribution in [0.5, 0.6) is 0 Å². The van der Waals surface area contributed by atoms with Crippen molar-refractivity contribution in [3.8, 4) is 11.3 Å². The summed E-state index contributed by atoms with van der Waals surface area (Å²) in [5.41, 5.74) is 0.525. The van der Waals surface area contributed by atoms with Gasteiger partial charge in [-0.25, -0.2) is 8.42 Å². The summed E-state index contributed by atoms with van der Waals surface area (Å²) in [5.74, 6) is 0.613. The Hall–Kier alpha value is -1.92. The maximum Gasteiger partial charge on any atom is 0.244 e. The molecular weight excluding hydrogens is 386 g/mol. The van der Waals surface area contributed by atoms with E-state index in [9.17, 15) is 13.2 Å². The SMILES string of the molecule is O=Cc1ccc(-c2ccccc2S(=O)(=O)N(C2CCCCC2)C2CCCCC2)o1. The smallest absolute Gasteiger partial charge is 0.244 e. The highest BCUT2D eigenvalue weighted by Crippen LogP contribution is 2.37. The van der Waals surface area contributed by atoms with Gasteiger partial charge < -0.3 is 4.42 Å². The summed E-state index contributed by atoms with van der Waals surface area (Å²) < 4.78 is 35.5. The molecule has 0 radical (unpaired) electrons. The van der Waals surface area contributed by atoms with Crippen molar-refractivity contribution in [1.82, 2.24) is 4.31 Å². The lowest BCUT2D eigenvalue weighted by Crippen LogP contribution is -2.48. The lowest BCUT2D eigenvalue weighted by atomic mass is 9.91. The van der Waals surface area contributed by atoms with Crippen molar-refractivity contribution in [3.63, 3.8) is 0 Å². The number of rotatable bonds is 6. The molecule has 1 aromatic heterocycles. The summed E-state index contributed by atoms with van der Waals surface area (Å²) in [6, 6.07) is 10.4. The average molecular weight is 416 g/mol. The minimum atomic E-state index is -3.69. The Morgan fingerprint density at radius 2 is 1.41 bits per heavy atom. The van der Waals surface area contributed by atoms with Gasteiger partial charge in [-0.1, -0.05) is 50.7 Å². The predicted molar refractivity (Wildman–Crippen MR) is 112 cm³/mol.